The van der Waals surface area contributed by atoms with Gasteiger partial charge >= 0.3 is 6.18 Å². The Kier molecular flexibility index (Phi) is 6.51. The molecule has 5 rings (SSSR count). The predicted molar refractivity (Wildman–Crippen MR) is 132 cm³/mol. The summed E-state index contributed by atoms with van der Waals surface area (Å²) in [5, 5.41) is 14.6. The van der Waals surface area contributed by atoms with Gasteiger partial charge in [0.05, 0.1) is 17.0 Å². The zero-order valence-electron chi connectivity index (χ0n) is 20.7. The van der Waals surface area contributed by atoms with E-state index in [1.54, 1.807) is 35.4 Å². The van der Waals surface area contributed by atoms with E-state index >= 15 is 4.39 Å². The number of carbonyl (C=O) groups is 2. The van der Waals surface area contributed by atoms with Crippen LogP contribution in [0.1, 0.15) is 54.4 Å². The number of imide groups is 1. The lowest BCUT2D eigenvalue weighted by molar-refractivity contribution is -0.148. The molecule has 1 aromatic heterocycles. The number of amides is 2. The van der Waals surface area contributed by atoms with E-state index < -0.39 is 28.9 Å². The van der Waals surface area contributed by atoms with Gasteiger partial charge in [-0.15, -0.1) is 0 Å². The highest BCUT2D eigenvalue weighted by Gasteiger charge is 2.52. The van der Waals surface area contributed by atoms with Crippen molar-refractivity contribution in [3.05, 3.63) is 77.0 Å². The number of piperidine rings is 2. The molecular weight excluding hydrogens is 502 g/mol. The molecule has 2 fully saturated rings. The Hall–Kier alpha value is -3.37. The largest absolute Gasteiger partial charge is 0.416 e. The summed E-state index contributed by atoms with van der Waals surface area (Å²) in [6, 6.07) is 11.6. The van der Waals surface area contributed by atoms with Gasteiger partial charge in [-0.3, -0.25) is 24.8 Å². The highest BCUT2D eigenvalue weighted by atomic mass is 19.4. The van der Waals surface area contributed by atoms with E-state index in [0.29, 0.717) is 40.6 Å². The molecule has 6 nitrogen and oxygen atoms in total. The number of aromatic nitrogens is 1. The SMILES string of the molecule is C[C@]1(F)CN(Cc2ccc(C(F)(F)F)cc2)CC[C@]1(O)c1ccc2ncc([C@H]3CCC(=O)NC3=O)cc2c1. The van der Waals surface area contributed by atoms with Gasteiger partial charge < -0.3 is 5.11 Å². The van der Waals surface area contributed by atoms with E-state index in [9.17, 15) is 27.9 Å². The van der Waals surface area contributed by atoms with Crippen LogP contribution in [0.2, 0.25) is 0 Å². The number of halogens is 4. The fourth-order valence-electron chi connectivity index (χ4n) is 5.46. The van der Waals surface area contributed by atoms with Crippen molar-refractivity contribution in [2.75, 3.05) is 13.1 Å². The first-order valence-electron chi connectivity index (χ1n) is 12.4. The minimum atomic E-state index is -4.42. The molecule has 0 saturated carbocycles. The number of fused-ring (bicyclic) bond motifs is 1. The molecule has 2 aromatic carbocycles. The van der Waals surface area contributed by atoms with Crippen molar-refractivity contribution < 1.29 is 32.3 Å². The molecule has 2 N–H and O–H groups in total. The zero-order chi connectivity index (χ0) is 27.3. The summed E-state index contributed by atoms with van der Waals surface area (Å²) in [4.78, 5) is 30.0. The van der Waals surface area contributed by atoms with Gasteiger partial charge in [-0.05, 0) is 66.8 Å². The Morgan fingerprint density at radius 3 is 2.53 bits per heavy atom. The number of aliphatic hydroxyl groups is 1. The molecule has 38 heavy (non-hydrogen) atoms. The molecule has 0 spiro atoms. The molecule has 3 heterocycles. The molecule has 0 aliphatic carbocycles. The lowest BCUT2D eigenvalue weighted by Gasteiger charge is -2.47. The average Bonchev–Trinajstić information content (AvgIpc) is 2.85. The molecule has 200 valence electrons. The lowest BCUT2D eigenvalue weighted by Crippen LogP contribution is -2.58. The van der Waals surface area contributed by atoms with Crippen LogP contribution >= 0.6 is 0 Å². The summed E-state index contributed by atoms with van der Waals surface area (Å²) in [6.07, 6.45) is -2.14. The highest BCUT2D eigenvalue weighted by molar-refractivity contribution is 6.01. The second-order valence-corrected chi connectivity index (χ2v) is 10.4. The van der Waals surface area contributed by atoms with Crippen molar-refractivity contribution in [1.29, 1.82) is 0 Å². The molecule has 2 aliphatic heterocycles. The number of likely N-dealkylation sites (tertiary alicyclic amines) is 1. The standard InChI is InChI=1S/C28H27F4N3O3/c1-26(29)16-35(15-17-2-4-20(5-3-17)28(30,31)32)11-10-27(26,38)21-6-8-23-18(13-21)12-19(14-33-23)22-7-9-24(36)34-25(22)37/h2-6,8,12-14,22,38H,7,9-11,15-16H2,1H3,(H,34,36,37)/t22-,26+,27+/m1/s1. The average molecular weight is 530 g/mol. The van der Waals surface area contributed by atoms with E-state index in [-0.39, 0.29) is 37.7 Å². The summed E-state index contributed by atoms with van der Waals surface area (Å²) >= 11 is 0. The number of carbonyl (C=O) groups excluding carboxylic acids is 2. The molecule has 2 aliphatic rings. The van der Waals surface area contributed by atoms with Gasteiger partial charge in [0, 0.05) is 37.6 Å². The van der Waals surface area contributed by atoms with Gasteiger partial charge in [0.25, 0.3) is 0 Å². The Morgan fingerprint density at radius 2 is 1.87 bits per heavy atom. The minimum Gasteiger partial charge on any atom is -0.382 e. The van der Waals surface area contributed by atoms with Gasteiger partial charge in [-0.1, -0.05) is 18.2 Å². The Bertz CT molecular complexity index is 1390. The van der Waals surface area contributed by atoms with E-state index in [1.165, 1.54) is 19.1 Å². The van der Waals surface area contributed by atoms with Crippen molar-refractivity contribution in [3.8, 4) is 0 Å². The van der Waals surface area contributed by atoms with Crippen LogP contribution in [0.15, 0.2) is 54.7 Å². The van der Waals surface area contributed by atoms with E-state index in [2.05, 4.69) is 10.3 Å². The van der Waals surface area contributed by atoms with Crippen LogP contribution in [0.5, 0.6) is 0 Å². The smallest absolute Gasteiger partial charge is 0.382 e. The van der Waals surface area contributed by atoms with Crippen molar-refractivity contribution in [2.45, 2.75) is 56.1 Å². The van der Waals surface area contributed by atoms with Gasteiger partial charge in [0.15, 0.2) is 5.67 Å². The van der Waals surface area contributed by atoms with Crippen LogP contribution in [-0.2, 0) is 27.9 Å². The number of nitrogens with one attached hydrogen (secondary N) is 1. The fourth-order valence-corrected chi connectivity index (χ4v) is 5.46. The van der Waals surface area contributed by atoms with Gasteiger partial charge in [-0.25, -0.2) is 4.39 Å². The van der Waals surface area contributed by atoms with Gasteiger partial charge in [0.2, 0.25) is 11.8 Å². The third kappa shape index (κ3) is 4.90. The maximum absolute atomic E-state index is 16.1. The van der Waals surface area contributed by atoms with Crippen molar-refractivity contribution in [3.63, 3.8) is 0 Å². The molecular formula is C28H27F4N3O3. The predicted octanol–water partition coefficient (Wildman–Crippen LogP) is 4.60. The number of alkyl halides is 4. The molecule has 0 radical (unpaired) electrons. The Balaban J connectivity index is 1.36. The quantitative estimate of drug-likeness (QED) is 0.382. The van der Waals surface area contributed by atoms with Crippen molar-refractivity contribution in [1.82, 2.24) is 15.2 Å². The van der Waals surface area contributed by atoms with Crippen LogP contribution in [0.4, 0.5) is 17.6 Å². The molecule has 10 heteroatoms. The maximum atomic E-state index is 16.1. The highest BCUT2D eigenvalue weighted by Crippen LogP contribution is 2.44. The number of nitrogens with zero attached hydrogens (tertiary/aromatic N) is 2. The molecule has 0 unspecified atom stereocenters. The zero-order valence-corrected chi connectivity index (χ0v) is 20.7. The van der Waals surface area contributed by atoms with E-state index in [4.69, 9.17) is 0 Å². The van der Waals surface area contributed by atoms with Crippen molar-refractivity contribution in [2.24, 2.45) is 0 Å². The summed E-state index contributed by atoms with van der Waals surface area (Å²) in [7, 11) is 0. The van der Waals surface area contributed by atoms with Crippen molar-refractivity contribution >= 4 is 22.7 Å². The maximum Gasteiger partial charge on any atom is 0.416 e. The monoisotopic (exact) mass is 529 g/mol. The first-order chi connectivity index (χ1) is 17.9. The molecule has 3 atom stereocenters. The van der Waals surface area contributed by atoms with Crippen LogP contribution in [0.3, 0.4) is 0 Å². The number of pyridine rings is 1. The topological polar surface area (TPSA) is 82.5 Å². The summed E-state index contributed by atoms with van der Waals surface area (Å²) in [5.74, 6) is -1.21. The molecule has 2 amide bonds. The van der Waals surface area contributed by atoms with Crippen LogP contribution in [0, 0.1) is 0 Å². The number of rotatable bonds is 4. The molecule has 0 bridgehead atoms. The second kappa shape index (κ2) is 9.43. The fraction of sp³-hybridized carbons (Fsp3) is 0.393. The second-order valence-electron chi connectivity index (χ2n) is 10.4. The molecule has 3 aromatic rings. The lowest BCUT2D eigenvalue weighted by atomic mass is 9.74. The summed E-state index contributed by atoms with van der Waals surface area (Å²) in [5.41, 5.74) is -2.34. The van der Waals surface area contributed by atoms with Crippen LogP contribution in [0.25, 0.3) is 10.9 Å². The third-order valence-electron chi connectivity index (χ3n) is 7.68. The summed E-state index contributed by atoms with van der Waals surface area (Å²) in [6.45, 7) is 1.81. The number of hydrogen-bond donors (Lipinski definition) is 2. The Morgan fingerprint density at radius 1 is 1.13 bits per heavy atom. The van der Waals surface area contributed by atoms with E-state index in [1.807, 2.05) is 0 Å². The van der Waals surface area contributed by atoms with Crippen LogP contribution in [-0.4, -0.2) is 45.6 Å². The Labute approximate surface area is 216 Å². The first kappa shape index (κ1) is 26.2. The molecule has 2 saturated heterocycles. The summed E-state index contributed by atoms with van der Waals surface area (Å²) < 4.78 is 54.6. The van der Waals surface area contributed by atoms with E-state index in [0.717, 1.165) is 12.1 Å². The minimum absolute atomic E-state index is 0.0758. The van der Waals surface area contributed by atoms with Gasteiger partial charge in [-0.2, -0.15) is 13.2 Å². The number of hydrogen-bond acceptors (Lipinski definition) is 5. The third-order valence-corrected chi connectivity index (χ3v) is 7.68. The normalized spacial score (nSPS) is 26.9. The van der Waals surface area contributed by atoms with Crippen LogP contribution < -0.4 is 5.32 Å². The number of benzene rings is 2. The van der Waals surface area contributed by atoms with Gasteiger partial charge in [0.1, 0.15) is 5.60 Å². The first-order valence-corrected chi connectivity index (χ1v) is 12.4.